The predicted octanol–water partition coefficient (Wildman–Crippen LogP) is 3.92. The Bertz CT molecular complexity index is 1290. The van der Waals surface area contributed by atoms with Crippen molar-refractivity contribution < 1.29 is 22.3 Å². The van der Waals surface area contributed by atoms with E-state index in [1.165, 1.54) is 17.5 Å². The molecule has 1 aliphatic heterocycles. The summed E-state index contributed by atoms with van der Waals surface area (Å²) >= 11 is 0. The van der Waals surface area contributed by atoms with Crippen molar-refractivity contribution in [2.45, 2.75) is 25.6 Å². The average Bonchev–Trinajstić information content (AvgIpc) is 3.19. The van der Waals surface area contributed by atoms with E-state index in [0.29, 0.717) is 6.61 Å². The number of ether oxygens (including phenoxy) is 1. The average molecular weight is 481 g/mol. The fourth-order valence-corrected chi connectivity index (χ4v) is 5.30. The lowest BCUT2D eigenvalue weighted by atomic mass is 9.97. The van der Waals surface area contributed by atoms with Crippen molar-refractivity contribution in [1.82, 2.24) is 9.88 Å². The molecule has 1 amide bonds. The number of nitrogens with zero attached hydrogens (tertiary/aromatic N) is 2. The summed E-state index contributed by atoms with van der Waals surface area (Å²) in [6.45, 7) is 0.582. The first kappa shape index (κ1) is 23.8. The van der Waals surface area contributed by atoms with Crippen molar-refractivity contribution in [3.05, 3.63) is 101 Å². The van der Waals surface area contributed by atoms with Crippen molar-refractivity contribution in [3.63, 3.8) is 0 Å². The van der Waals surface area contributed by atoms with Gasteiger partial charge in [0.25, 0.3) is 0 Å². The Labute approximate surface area is 198 Å². The highest BCUT2D eigenvalue weighted by atomic mass is 32.2. The summed E-state index contributed by atoms with van der Waals surface area (Å²) in [5, 5.41) is 1.18. The van der Waals surface area contributed by atoms with Crippen LogP contribution < -0.4 is 0 Å². The minimum absolute atomic E-state index is 0.0951. The fraction of sp³-hybridized carbons (Fsp3) is 0.231. The normalized spacial score (nSPS) is 16.5. The van der Waals surface area contributed by atoms with Crippen molar-refractivity contribution >= 4 is 15.7 Å². The zero-order chi connectivity index (χ0) is 24.1. The Morgan fingerprint density at radius 3 is 2.41 bits per heavy atom. The highest BCUT2D eigenvalue weighted by molar-refractivity contribution is 7.94. The summed E-state index contributed by atoms with van der Waals surface area (Å²) in [4.78, 5) is 19.1. The fourth-order valence-electron chi connectivity index (χ4n) is 4.00. The molecule has 1 aromatic heterocycles. The molecular formula is C26H25FN2O4S. The van der Waals surface area contributed by atoms with Crippen molar-refractivity contribution in [1.29, 1.82) is 0 Å². The van der Waals surface area contributed by atoms with Gasteiger partial charge in [0, 0.05) is 31.5 Å². The molecule has 1 atom stereocenters. The van der Waals surface area contributed by atoms with E-state index in [4.69, 9.17) is 4.74 Å². The Hall–Kier alpha value is -3.36. The van der Waals surface area contributed by atoms with Gasteiger partial charge >= 0.3 is 0 Å². The number of pyridine rings is 1. The molecule has 34 heavy (non-hydrogen) atoms. The van der Waals surface area contributed by atoms with Gasteiger partial charge in [-0.3, -0.25) is 9.78 Å². The van der Waals surface area contributed by atoms with E-state index >= 15 is 0 Å². The second-order valence-electron chi connectivity index (χ2n) is 8.20. The minimum Gasteiger partial charge on any atom is -0.380 e. The minimum atomic E-state index is -3.33. The van der Waals surface area contributed by atoms with Crippen LogP contribution in [-0.4, -0.2) is 43.1 Å². The monoisotopic (exact) mass is 480 g/mol. The molecule has 1 unspecified atom stereocenters. The third-order valence-electron chi connectivity index (χ3n) is 5.76. The van der Waals surface area contributed by atoms with E-state index in [1.54, 1.807) is 54.7 Å². The summed E-state index contributed by atoms with van der Waals surface area (Å²) in [6.07, 6.45) is 4.95. The first-order valence-electron chi connectivity index (χ1n) is 10.8. The van der Waals surface area contributed by atoms with Gasteiger partial charge in [-0.2, -0.15) is 0 Å². The number of rotatable bonds is 8. The van der Waals surface area contributed by atoms with E-state index in [0.717, 1.165) is 27.8 Å². The SMILES string of the molecule is COCc1cc(-c2ccc(F)cc2)ccc1CC(=O)N(Cc1ccncc1)C1C=CS(=O)(=O)C1. The number of hydrogen-bond acceptors (Lipinski definition) is 5. The number of methoxy groups -OCH3 is 1. The van der Waals surface area contributed by atoms with Crippen molar-refractivity contribution in [3.8, 4) is 11.1 Å². The van der Waals surface area contributed by atoms with E-state index in [1.807, 2.05) is 18.2 Å². The van der Waals surface area contributed by atoms with E-state index in [9.17, 15) is 17.6 Å². The van der Waals surface area contributed by atoms with Crippen molar-refractivity contribution in [2.75, 3.05) is 12.9 Å². The van der Waals surface area contributed by atoms with Crippen LogP contribution in [0.1, 0.15) is 16.7 Å². The maximum atomic E-state index is 13.5. The third-order valence-corrected chi connectivity index (χ3v) is 7.14. The van der Waals surface area contributed by atoms with Crippen LogP contribution in [0.15, 0.2) is 78.5 Å². The standard InChI is InChI=1S/C26H25FN2O4S/c1-33-17-23-14-21(20-4-6-24(27)7-5-20)2-3-22(23)15-26(30)29(16-19-8-11-28-12-9-19)25-10-13-34(31,32)18-25/h2-14,25H,15-18H2,1H3. The molecule has 0 spiro atoms. The Morgan fingerprint density at radius 2 is 1.76 bits per heavy atom. The molecule has 2 heterocycles. The quantitative estimate of drug-likeness (QED) is 0.489. The molecule has 176 valence electrons. The predicted molar refractivity (Wildman–Crippen MR) is 128 cm³/mol. The second kappa shape index (κ2) is 10.3. The van der Waals surface area contributed by atoms with Crippen LogP contribution in [0, 0.1) is 5.82 Å². The molecule has 0 N–H and O–H groups in total. The van der Waals surface area contributed by atoms with Gasteiger partial charge in [-0.25, -0.2) is 12.8 Å². The summed E-state index contributed by atoms with van der Waals surface area (Å²) in [6, 6.07) is 15.0. The number of carbonyl (C=O) groups is 1. The van der Waals surface area contributed by atoms with Crippen LogP contribution >= 0.6 is 0 Å². The molecule has 6 nitrogen and oxygen atoms in total. The zero-order valence-electron chi connectivity index (χ0n) is 18.7. The Kier molecular flexibility index (Phi) is 7.19. The van der Waals surface area contributed by atoms with Crippen LogP contribution in [0.4, 0.5) is 4.39 Å². The van der Waals surface area contributed by atoms with Crippen LogP contribution in [-0.2, 0) is 38.9 Å². The van der Waals surface area contributed by atoms with Gasteiger partial charge in [0.2, 0.25) is 5.91 Å². The van der Waals surface area contributed by atoms with Crippen LogP contribution in [0.3, 0.4) is 0 Å². The molecule has 3 aromatic rings. The van der Waals surface area contributed by atoms with Crippen LogP contribution in [0.25, 0.3) is 11.1 Å². The Balaban J connectivity index is 1.61. The maximum absolute atomic E-state index is 13.5. The number of amides is 1. The van der Waals surface area contributed by atoms with Gasteiger partial charge in [0.15, 0.2) is 9.84 Å². The molecule has 0 saturated carbocycles. The number of halogens is 1. The molecule has 4 rings (SSSR count). The van der Waals surface area contributed by atoms with E-state index in [2.05, 4.69) is 4.98 Å². The first-order valence-corrected chi connectivity index (χ1v) is 12.5. The molecule has 0 fully saturated rings. The van der Waals surface area contributed by atoms with Gasteiger partial charge in [-0.1, -0.05) is 24.3 Å². The van der Waals surface area contributed by atoms with E-state index < -0.39 is 15.9 Å². The van der Waals surface area contributed by atoms with Crippen LogP contribution in [0.2, 0.25) is 0 Å². The maximum Gasteiger partial charge on any atom is 0.227 e. The molecule has 2 aromatic carbocycles. The van der Waals surface area contributed by atoms with Gasteiger partial charge < -0.3 is 9.64 Å². The van der Waals surface area contributed by atoms with Gasteiger partial charge in [0.05, 0.1) is 24.8 Å². The largest absolute Gasteiger partial charge is 0.380 e. The number of benzene rings is 2. The Morgan fingerprint density at radius 1 is 1.06 bits per heavy atom. The number of carbonyl (C=O) groups excluding carboxylic acids is 1. The lowest BCUT2D eigenvalue weighted by Gasteiger charge is -2.28. The van der Waals surface area contributed by atoms with Gasteiger partial charge in [0.1, 0.15) is 5.82 Å². The lowest BCUT2D eigenvalue weighted by molar-refractivity contribution is -0.132. The smallest absolute Gasteiger partial charge is 0.227 e. The first-order chi connectivity index (χ1) is 16.3. The lowest BCUT2D eigenvalue weighted by Crippen LogP contribution is -2.41. The molecule has 8 heteroatoms. The highest BCUT2D eigenvalue weighted by Crippen LogP contribution is 2.25. The van der Waals surface area contributed by atoms with Crippen molar-refractivity contribution in [2.24, 2.45) is 0 Å². The number of sulfone groups is 1. The second-order valence-corrected chi connectivity index (χ2v) is 10.1. The summed E-state index contributed by atoms with van der Waals surface area (Å²) in [5.74, 6) is -0.617. The number of hydrogen-bond donors (Lipinski definition) is 0. The molecule has 0 bridgehead atoms. The molecule has 1 aliphatic rings. The summed E-state index contributed by atoms with van der Waals surface area (Å²) in [7, 11) is -1.75. The number of aromatic nitrogens is 1. The van der Waals surface area contributed by atoms with Gasteiger partial charge in [-0.05, 0) is 64.2 Å². The third kappa shape index (κ3) is 5.76. The highest BCUT2D eigenvalue weighted by Gasteiger charge is 2.30. The van der Waals surface area contributed by atoms with E-state index in [-0.39, 0.29) is 30.4 Å². The molecular weight excluding hydrogens is 455 g/mol. The van der Waals surface area contributed by atoms with Crippen LogP contribution in [0.5, 0.6) is 0 Å². The summed E-state index contributed by atoms with van der Waals surface area (Å²) < 4.78 is 42.7. The molecule has 0 saturated heterocycles. The van der Waals surface area contributed by atoms with Gasteiger partial charge in [-0.15, -0.1) is 0 Å². The zero-order valence-corrected chi connectivity index (χ0v) is 19.5. The molecule has 0 aliphatic carbocycles. The topological polar surface area (TPSA) is 76.6 Å². The molecule has 0 radical (unpaired) electrons. The summed E-state index contributed by atoms with van der Waals surface area (Å²) in [5.41, 5.74) is 4.25.